The molecule has 1 N–H and O–H groups in total. The van der Waals surface area contributed by atoms with Crippen LogP contribution in [0.3, 0.4) is 0 Å². The van der Waals surface area contributed by atoms with E-state index in [0.29, 0.717) is 23.6 Å². The van der Waals surface area contributed by atoms with Crippen LogP contribution >= 0.6 is 15.9 Å². The molecule has 84 valence electrons. The normalized spacial score (nSPS) is 15.9. The highest BCUT2D eigenvalue weighted by molar-refractivity contribution is 9.10. The summed E-state index contributed by atoms with van der Waals surface area (Å²) in [7, 11) is 0. The van der Waals surface area contributed by atoms with Crippen molar-refractivity contribution in [3.63, 3.8) is 0 Å². The van der Waals surface area contributed by atoms with Gasteiger partial charge in [-0.05, 0) is 47.0 Å². The van der Waals surface area contributed by atoms with Crippen molar-refractivity contribution in [3.8, 4) is 0 Å². The molecule has 4 heteroatoms. The van der Waals surface area contributed by atoms with Crippen LogP contribution in [0.15, 0.2) is 27.1 Å². The van der Waals surface area contributed by atoms with Gasteiger partial charge < -0.3 is 9.73 Å². The predicted octanol–water partition coefficient (Wildman–Crippen LogP) is 3.59. The molecule has 3 rings (SSSR count). The largest absolute Gasteiger partial charge is 0.458 e. The molecule has 0 bridgehead atoms. The van der Waals surface area contributed by atoms with Crippen LogP contribution < -0.4 is 5.32 Å². The van der Waals surface area contributed by atoms with Gasteiger partial charge in [-0.25, -0.2) is 4.39 Å². The topological polar surface area (TPSA) is 25.2 Å². The van der Waals surface area contributed by atoms with Gasteiger partial charge in [-0.15, -0.1) is 0 Å². The van der Waals surface area contributed by atoms with E-state index in [4.69, 9.17) is 4.42 Å². The third kappa shape index (κ3) is 1.87. The van der Waals surface area contributed by atoms with Gasteiger partial charge in [0.2, 0.25) is 0 Å². The monoisotopic (exact) mass is 283 g/mol. The SMILES string of the molecule is Fc1ccc(Br)c2oc(CNC3CC3)cc12. The number of fused-ring (bicyclic) bond motifs is 1. The third-order valence-electron chi connectivity index (χ3n) is 2.78. The van der Waals surface area contributed by atoms with E-state index in [1.54, 1.807) is 12.1 Å². The Morgan fingerprint density at radius 2 is 2.25 bits per heavy atom. The molecule has 1 saturated carbocycles. The zero-order valence-corrected chi connectivity index (χ0v) is 10.2. The van der Waals surface area contributed by atoms with Crippen LogP contribution in [0.4, 0.5) is 4.39 Å². The van der Waals surface area contributed by atoms with Crippen LogP contribution in [0.5, 0.6) is 0 Å². The van der Waals surface area contributed by atoms with E-state index < -0.39 is 0 Å². The summed E-state index contributed by atoms with van der Waals surface area (Å²) in [4.78, 5) is 0. The van der Waals surface area contributed by atoms with Crippen LogP contribution in [0.25, 0.3) is 11.0 Å². The van der Waals surface area contributed by atoms with E-state index in [1.165, 1.54) is 18.9 Å². The summed E-state index contributed by atoms with van der Waals surface area (Å²) in [5.41, 5.74) is 0.590. The Labute approximate surface area is 101 Å². The number of rotatable bonds is 3. The fraction of sp³-hybridized carbons (Fsp3) is 0.333. The lowest BCUT2D eigenvalue weighted by Crippen LogP contribution is -2.14. The molecule has 0 atom stereocenters. The summed E-state index contributed by atoms with van der Waals surface area (Å²) in [6.45, 7) is 0.672. The number of hydrogen-bond donors (Lipinski definition) is 1. The minimum Gasteiger partial charge on any atom is -0.458 e. The molecule has 16 heavy (non-hydrogen) atoms. The zero-order chi connectivity index (χ0) is 11.1. The van der Waals surface area contributed by atoms with E-state index in [1.807, 2.05) is 0 Å². The van der Waals surface area contributed by atoms with E-state index in [2.05, 4.69) is 21.2 Å². The summed E-state index contributed by atoms with van der Waals surface area (Å²) in [6, 6.07) is 5.51. The molecule has 2 nitrogen and oxygen atoms in total. The quantitative estimate of drug-likeness (QED) is 0.931. The third-order valence-corrected chi connectivity index (χ3v) is 3.40. The fourth-order valence-electron chi connectivity index (χ4n) is 1.73. The Balaban J connectivity index is 1.94. The number of hydrogen-bond acceptors (Lipinski definition) is 2. The fourth-order valence-corrected chi connectivity index (χ4v) is 2.15. The summed E-state index contributed by atoms with van der Waals surface area (Å²) >= 11 is 3.36. The van der Waals surface area contributed by atoms with Crippen molar-refractivity contribution in [1.29, 1.82) is 0 Å². The Hall–Kier alpha value is -0.870. The van der Waals surface area contributed by atoms with Gasteiger partial charge in [0.25, 0.3) is 0 Å². The molecular weight excluding hydrogens is 273 g/mol. The minimum absolute atomic E-state index is 0.236. The van der Waals surface area contributed by atoms with E-state index in [-0.39, 0.29) is 5.82 Å². The van der Waals surface area contributed by atoms with Crippen LogP contribution in [0.1, 0.15) is 18.6 Å². The summed E-state index contributed by atoms with van der Waals surface area (Å²) in [5.74, 6) is 0.548. The maximum Gasteiger partial charge on any atom is 0.151 e. The van der Waals surface area contributed by atoms with Gasteiger partial charge in [-0.2, -0.15) is 0 Å². The van der Waals surface area contributed by atoms with Crippen molar-refractivity contribution >= 4 is 26.9 Å². The summed E-state index contributed by atoms with van der Waals surface area (Å²) in [6.07, 6.45) is 2.47. The van der Waals surface area contributed by atoms with E-state index in [0.717, 1.165) is 10.2 Å². The average molecular weight is 284 g/mol. The molecule has 1 aliphatic carbocycles. The molecule has 1 aliphatic rings. The van der Waals surface area contributed by atoms with Crippen LogP contribution in [-0.2, 0) is 6.54 Å². The van der Waals surface area contributed by atoms with Crippen molar-refractivity contribution < 1.29 is 8.81 Å². The molecule has 2 aromatic rings. The molecule has 0 unspecified atom stereocenters. The lowest BCUT2D eigenvalue weighted by molar-refractivity contribution is 0.511. The van der Waals surface area contributed by atoms with Gasteiger partial charge >= 0.3 is 0 Å². The number of furan rings is 1. The van der Waals surface area contributed by atoms with Crippen molar-refractivity contribution in [2.24, 2.45) is 0 Å². The van der Waals surface area contributed by atoms with Gasteiger partial charge in [0.15, 0.2) is 5.58 Å². The molecule has 1 heterocycles. The van der Waals surface area contributed by atoms with Crippen molar-refractivity contribution in [2.45, 2.75) is 25.4 Å². The van der Waals surface area contributed by atoms with Crippen LogP contribution in [0.2, 0.25) is 0 Å². The average Bonchev–Trinajstić information content (AvgIpc) is 2.99. The number of halogens is 2. The van der Waals surface area contributed by atoms with Gasteiger partial charge in [0.05, 0.1) is 16.4 Å². The molecule has 0 saturated heterocycles. The highest BCUT2D eigenvalue weighted by Gasteiger charge is 2.21. The van der Waals surface area contributed by atoms with Crippen molar-refractivity contribution in [3.05, 3.63) is 34.2 Å². The highest BCUT2D eigenvalue weighted by Crippen LogP contribution is 2.29. The highest BCUT2D eigenvalue weighted by atomic mass is 79.9. The molecule has 0 aliphatic heterocycles. The first-order chi connectivity index (χ1) is 7.74. The molecule has 0 spiro atoms. The van der Waals surface area contributed by atoms with Gasteiger partial charge in [0.1, 0.15) is 11.6 Å². The van der Waals surface area contributed by atoms with Gasteiger partial charge in [-0.3, -0.25) is 0 Å². The van der Waals surface area contributed by atoms with Crippen molar-refractivity contribution in [2.75, 3.05) is 0 Å². The molecular formula is C12H11BrFNO. The Morgan fingerprint density at radius 3 is 2.94 bits per heavy atom. The first-order valence-corrected chi connectivity index (χ1v) is 6.13. The molecule has 1 fully saturated rings. The standard InChI is InChI=1S/C12H11BrFNO/c13-10-3-4-11(14)9-5-8(16-12(9)10)6-15-7-1-2-7/h3-5,7,15H,1-2,6H2. The second kappa shape index (κ2) is 3.86. The lowest BCUT2D eigenvalue weighted by Gasteiger charge is -1.97. The van der Waals surface area contributed by atoms with Crippen LogP contribution in [0, 0.1) is 5.82 Å². The van der Waals surface area contributed by atoms with Crippen LogP contribution in [-0.4, -0.2) is 6.04 Å². The van der Waals surface area contributed by atoms with Gasteiger partial charge in [-0.1, -0.05) is 0 Å². The second-order valence-corrected chi connectivity index (χ2v) is 4.99. The van der Waals surface area contributed by atoms with E-state index in [9.17, 15) is 4.39 Å². The Bertz CT molecular complexity index is 494. The maximum absolute atomic E-state index is 13.5. The smallest absolute Gasteiger partial charge is 0.151 e. The first kappa shape index (κ1) is 10.3. The lowest BCUT2D eigenvalue weighted by atomic mass is 10.2. The summed E-state index contributed by atoms with van der Waals surface area (Å²) < 4.78 is 19.9. The number of benzene rings is 1. The van der Waals surface area contributed by atoms with Gasteiger partial charge in [0, 0.05) is 6.04 Å². The zero-order valence-electron chi connectivity index (χ0n) is 8.59. The van der Waals surface area contributed by atoms with E-state index >= 15 is 0 Å². The second-order valence-electron chi connectivity index (χ2n) is 4.14. The Morgan fingerprint density at radius 1 is 1.44 bits per heavy atom. The Kier molecular flexibility index (Phi) is 2.48. The summed E-state index contributed by atoms with van der Waals surface area (Å²) in [5, 5.41) is 3.88. The predicted molar refractivity (Wildman–Crippen MR) is 63.7 cm³/mol. The van der Waals surface area contributed by atoms with Crippen molar-refractivity contribution in [1.82, 2.24) is 5.32 Å². The molecule has 0 amide bonds. The molecule has 1 aromatic carbocycles. The first-order valence-electron chi connectivity index (χ1n) is 5.34. The molecule has 1 aromatic heterocycles. The number of nitrogens with one attached hydrogen (secondary N) is 1. The maximum atomic E-state index is 13.5. The molecule has 0 radical (unpaired) electrons. The minimum atomic E-state index is -0.236.